The largest absolute Gasteiger partial charge is 0.497 e. The van der Waals surface area contributed by atoms with Gasteiger partial charge in [0.15, 0.2) is 5.17 Å². The van der Waals surface area contributed by atoms with Gasteiger partial charge in [0.05, 0.1) is 13.7 Å². The standard InChI is InChI=1S/C12H16N2OS/c1-9-8-16-12(14-9)13-7-10-4-3-5-11(6-10)15-2/h3-6,9H,7-8H2,1-2H3,(H,13,14). The third kappa shape index (κ3) is 2.92. The number of thioether (sulfide) groups is 1. The molecule has 0 aliphatic carbocycles. The summed E-state index contributed by atoms with van der Waals surface area (Å²) in [6.07, 6.45) is 0. The first-order chi connectivity index (χ1) is 7.78. The second kappa shape index (κ2) is 5.25. The Balaban J connectivity index is 1.98. The lowest BCUT2D eigenvalue weighted by atomic mass is 10.2. The highest BCUT2D eigenvalue weighted by Gasteiger charge is 2.14. The van der Waals surface area contributed by atoms with Crippen molar-refractivity contribution in [3.05, 3.63) is 29.8 Å². The highest BCUT2D eigenvalue weighted by atomic mass is 32.2. The molecule has 4 heteroatoms. The zero-order valence-corrected chi connectivity index (χ0v) is 10.4. The van der Waals surface area contributed by atoms with E-state index in [1.54, 1.807) is 18.9 Å². The van der Waals surface area contributed by atoms with Crippen LogP contribution in [0.1, 0.15) is 12.5 Å². The van der Waals surface area contributed by atoms with Gasteiger partial charge in [-0.25, -0.2) is 0 Å². The van der Waals surface area contributed by atoms with Gasteiger partial charge in [0.1, 0.15) is 5.75 Å². The highest BCUT2D eigenvalue weighted by molar-refractivity contribution is 8.14. The number of amidine groups is 1. The predicted octanol–water partition coefficient (Wildman–Crippen LogP) is 2.28. The van der Waals surface area contributed by atoms with Crippen molar-refractivity contribution in [3.8, 4) is 5.75 Å². The lowest BCUT2D eigenvalue weighted by Gasteiger charge is -2.03. The number of methoxy groups -OCH3 is 1. The second-order valence-electron chi connectivity index (χ2n) is 3.83. The zero-order chi connectivity index (χ0) is 11.4. The van der Waals surface area contributed by atoms with E-state index in [1.165, 1.54) is 5.56 Å². The lowest BCUT2D eigenvalue weighted by molar-refractivity contribution is 0.414. The van der Waals surface area contributed by atoms with Gasteiger partial charge in [-0.05, 0) is 24.6 Å². The van der Waals surface area contributed by atoms with Crippen molar-refractivity contribution < 1.29 is 4.74 Å². The average Bonchev–Trinajstić information content (AvgIpc) is 2.73. The second-order valence-corrected chi connectivity index (χ2v) is 4.84. The molecule has 0 radical (unpaired) electrons. The summed E-state index contributed by atoms with van der Waals surface area (Å²) in [5, 5.41) is 4.39. The van der Waals surface area contributed by atoms with E-state index < -0.39 is 0 Å². The third-order valence-electron chi connectivity index (χ3n) is 2.38. The molecular formula is C12H16N2OS. The van der Waals surface area contributed by atoms with Gasteiger partial charge >= 0.3 is 0 Å². The molecule has 86 valence electrons. The van der Waals surface area contributed by atoms with Crippen LogP contribution in [-0.2, 0) is 6.54 Å². The van der Waals surface area contributed by atoms with Crippen LogP contribution < -0.4 is 10.1 Å². The molecule has 0 saturated carbocycles. The van der Waals surface area contributed by atoms with Crippen molar-refractivity contribution in [3.63, 3.8) is 0 Å². The van der Waals surface area contributed by atoms with Gasteiger partial charge in [0.25, 0.3) is 0 Å². The maximum absolute atomic E-state index is 5.17. The van der Waals surface area contributed by atoms with E-state index in [-0.39, 0.29) is 0 Å². The van der Waals surface area contributed by atoms with E-state index in [1.807, 2.05) is 18.2 Å². The van der Waals surface area contributed by atoms with Gasteiger partial charge in [0, 0.05) is 11.8 Å². The number of benzene rings is 1. The summed E-state index contributed by atoms with van der Waals surface area (Å²) in [6, 6.07) is 8.56. The summed E-state index contributed by atoms with van der Waals surface area (Å²) in [5.41, 5.74) is 1.17. The van der Waals surface area contributed by atoms with Crippen LogP contribution >= 0.6 is 11.8 Å². The minimum absolute atomic E-state index is 0.536. The van der Waals surface area contributed by atoms with Gasteiger partial charge in [-0.2, -0.15) is 0 Å². The molecule has 0 aromatic heterocycles. The Morgan fingerprint density at radius 3 is 3.12 bits per heavy atom. The Labute approximate surface area is 100 Å². The molecular weight excluding hydrogens is 220 g/mol. The fourth-order valence-electron chi connectivity index (χ4n) is 1.52. The third-order valence-corrected chi connectivity index (χ3v) is 3.57. The Bertz CT molecular complexity index is 392. The molecule has 1 aliphatic rings. The molecule has 1 saturated heterocycles. The van der Waals surface area contributed by atoms with Crippen molar-refractivity contribution in [2.75, 3.05) is 12.9 Å². The van der Waals surface area contributed by atoms with Crippen LogP contribution in [0.3, 0.4) is 0 Å². The molecule has 1 N–H and O–H groups in total. The first kappa shape index (κ1) is 11.3. The van der Waals surface area contributed by atoms with Crippen LogP contribution in [-0.4, -0.2) is 24.1 Å². The maximum atomic E-state index is 5.17. The molecule has 1 aromatic rings. The summed E-state index contributed by atoms with van der Waals surface area (Å²) in [4.78, 5) is 4.53. The van der Waals surface area contributed by atoms with E-state index >= 15 is 0 Å². The van der Waals surface area contributed by atoms with Gasteiger partial charge in [-0.3, -0.25) is 4.99 Å². The topological polar surface area (TPSA) is 33.6 Å². The normalized spacial score (nSPS) is 22.1. The van der Waals surface area contributed by atoms with Crippen LogP contribution in [0.25, 0.3) is 0 Å². The monoisotopic (exact) mass is 236 g/mol. The molecule has 16 heavy (non-hydrogen) atoms. The summed E-state index contributed by atoms with van der Waals surface area (Å²) in [5.74, 6) is 2.00. The number of hydrogen-bond acceptors (Lipinski definition) is 3. The van der Waals surface area contributed by atoms with E-state index in [4.69, 9.17) is 4.74 Å². The van der Waals surface area contributed by atoms with Crippen LogP contribution in [0.4, 0.5) is 0 Å². The molecule has 1 heterocycles. The fraction of sp³-hybridized carbons (Fsp3) is 0.417. The van der Waals surface area contributed by atoms with E-state index in [9.17, 15) is 0 Å². The molecule has 2 rings (SSSR count). The number of rotatable bonds is 3. The lowest BCUT2D eigenvalue weighted by Crippen LogP contribution is -2.23. The molecule has 1 aliphatic heterocycles. The number of aliphatic imine (C=N–C) groups is 1. The minimum atomic E-state index is 0.536. The molecule has 1 unspecified atom stereocenters. The van der Waals surface area contributed by atoms with Crippen molar-refractivity contribution in [1.82, 2.24) is 5.32 Å². The predicted molar refractivity (Wildman–Crippen MR) is 69.2 cm³/mol. The first-order valence-electron chi connectivity index (χ1n) is 5.34. The molecule has 1 fully saturated rings. The summed E-state index contributed by atoms with van der Waals surface area (Å²) in [6.45, 7) is 2.88. The van der Waals surface area contributed by atoms with Crippen LogP contribution in [0.2, 0.25) is 0 Å². The number of hydrogen-bond donors (Lipinski definition) is 1. The summed E-state index contributed by atoms with van der Waals surface area (Å²) >= 11 is 1.79. The number of nitrogens with one attached hydrogen (secondary N) is 1. The molecule has 0 spiro atoms. The Hall–Kier alpha value is -1.16. The fourth-order valence-corrected chi connectivity index (χ4v) is 2.45. The average molecular weight is 236 g/mol. The van der Waals surface area contributed by atoms with Crippen molar-refractivity contribution in [2.45, 2.75) is 19.5 Å². The van der Waals surface area contributed by atoms with Gasteiger partial charge in [-0.1, -0.05) is 23.9 Å². The van der Waals surface area contributed by atoms with Crippen molar-refractivity contribution >= 4 is 16.9 Å². The minimum Gasteiger partial charge on any atom is -0.497 e. The summed E-state index contributed by atoms with van der Waals surface area (Å²) < 4.78 is 5.17. The van der Waals surface area contributed by atoms with Crippen molar-refractivity contribution in [1.29, 1.82) is 0 Å². The molecule has 1 aromatic carbocycles. The maximum Gasteiger partial charge on any atom is 0.157 e. The number of nitrogens with zero attached hydrogens (tertiary/aromatic N) is 1. The van der Waals surface area contributed by atoms with Crippen molar-refractivity contribution in [2.24, 2.45) is 4.99 Å². The van der Waals surface area contributed by atoms with E-state index in [0.29, 0.717) is 12.6 Å². The molecule has 3 nitrogen and oxygen atoms in total. The first-order valence-corrected chi connectivity index (χ1v) is 6.33. The summed E-state index contributed by atoms with van der Waals surface area (Å²) in [7, 11) is 1.68. The smallest absolute Gasteiger partial charge is 0.157 e. The van der Waals surface area contributed by atoms with E-state index in [0.717, 1.165) is 16.7 Å². The quantitative estimate of drug-likeness (QED) is 0.874. The Morgan fingerprint density at radius 2 is 2.44 bits per heavy atom. The molecule has 0 amide bonds. The zero-order valence-electron chi connectivity index (χ0n) is 9.56. The SMILES string of the molecule is COc1cccc(CN=C2NC(C)CS2)c1. The number of ether oxygens (including phenoxy) is 1. The molecule has 0 bridgehead atoms. The van der Waals surface area contributed by atoms with Gasteiger partial charge < -0.3 is 10.1 Å². The molecule has 1 atom stereocenters. The van der Waals surface area contributed by atoms with Crippen LogP contribution in [0, 0.1) is 0 Å². The van der Waals surface area contributed by atoms with Gasteiger partial charge in [-0.15, -0.1) is 0 Å². The van der Waals surface area contributed by atoms with E-state index in [2.05, 4.69) is 23.3 Å². The Kier molecular flexibility index (Phi) is 3.72. The highest BCUT2D eigenvalue weighted by Crippen LogP contribution is 2.16. The van der Waals surface area contributed by atoms with Gasteiger partial charge in [0.2, 0.25) is 0 Å². The van der Waals surface area contributed by atoms with Crippen LogP contribution in [0.15, 0.2) is 29.3 Å². The Morgan fingerprint density at radius 1 is 1.56 bits per heavy atom. The van der Waals surface area contributed by atoms with Crippen LogP contribution in [0.5, 0.6) is 5.75 Å².